The minimum Gasteiger partial charge on any atom is -0.445 e. The van der Waals surface area contributed by atoms with Crippen molar-refractivity contribution in [2.45, 2.75) is 39.0 Å². The lowest BCUT2D eigenvalue weighted by Gasteiger charge is -2.24. The zero-order valence-electron chi connectivity index (χ0n) is 17.8. The Morgan fingerprint density at radius 1 is 1.03 bits per heavy atom. The van der Waals surface area contributed by atoms with Crippen LogP contribution in [0, 0.1) is 16.0 Å². The van der Waals surface area contributed by atoms with Crippen molar-refractivity contribution in [3.05, 3.63) is 75.8 Å². The van der Waals surface area contributed by atoms with Gasteiger partial charge in [-0.2, -0.15) is 0 Å². The Labute approximate surface area is 185 Å². The number of alkyl carbamates (subject to hydrolysis) is 1. The van der Waals surface area contributed by atoms with Crippen LogP contribution in [0.5, 0.6) is 0 Å². The summed E-state index contributed by atoms with van der Waals surface area (Å²) < 4.78 is 5.15. The maximum Gasteiger partial charge on any atom is 0.408 e. The highest BCUT2D eigenvalue weighted by Gasteiger charge is 2.29. The number of nitrogens with zero attached hydrogens (tertiary/aromatic N) is 1. The third-order valence-electron chi connectivity index (χ3n) is 4.71. The molecule has 0 bridgehead atoms. The summed E-state index contributed by atoms with van der Waals surface area (Å²) in [6, 6.07) is 12.7. The molecular weight excluding hydrogens is 416 g/mol. The van der Waals surface area contributed by atoms with Gasteiger partial charge in [0, 0.05) is 18.1 Å². The Kier molecular flexibility index (Phi) is 8.70. The predicted octanol–water partition coefficient (Wildman–Crippen LogP) is 2.06. The molecule has 0 heterocycles. The molecule has 10 heteroatoms. The van der Waals surface area contributed by atoms with Gasteiger partial charge in [0.25, 0.3) is 5.69 Å². The lowest BCUT2D eigenvalue weighted by atomic mass is 10.0. The molecule has 3 amide bonds. The van der Waals surface area contributed by atoms with E-state index in [1.54, 1.807) is 32.0 Å². The Bertz CT molecular complexity index is 964. The van der Waals surface area contributed by atoms with E-state index >= 15 is 0 Å². The van der Waals surface area contributed by atoms with E-state index in [0.29, 0.717) is 0 Å². The second kappa shape index (κ2) is 11.4. The van der Waals surface area contributed by atoms with Gasteiger partial charge < -0.3 is 21.1 Å². The van der Waals surface area contributed by atoms with Gasteiger partial charge in [-0.05, 0) is 11.5 Å². The van der Waals surface area contributed by atoms with E-state index < -0.39 is 34.9 Å². The first-order valence-corrected chi connectivity index (χ1v) is 9.98. The molecule has 0 radical (unpaired) electrons. The summed E-state index contributed by atoms with van der Waals surface area (Å²) in [7, 11) is 0. The number of nitro groups is 1. The zero-order chi connectivity index (χ0) is 23.7. The SMILES string of the molecule is CC(C)[C@H](NC(=O)OCc1ccccc1)C(=O)N[C@@H](Cc1ccccc1[N+](=O)[O-])C(N)=O. The molecule has 170 valence electrons. The van der Waals surface area contributed by atoms with Crippen LogP contribution in [-0.2, 0) is 27.4 Å². The summed E-state index contributed by atoms with van der Waals surface area (Å²) in [6.45, 7) is 3.45. The van der Waals surface area contributed by atoms with Gasteiger partial charge in [-0.25, -0.2) is 4.79 Å². The Balaban J connectivity index is 2.05. The van der Waals surface area contributed by atoms with Crippen molar-refractivity contribution in [3.8, 4) is 0 Å². The van der Waals surface area contributed by atoms with E-state index in [-0.39, 0.29) is 30.2 Å². The molecule has 10 nitrogen and oxygen atoms in total. The second-order valence-corrected chi connectivity index (χ2v) is 7.48. The van der Waals surface area contributed by atoms with Crippen LogP contribution in [0.4, 0.5) is 10.5 Å². The molecule has 0 aromatic heterocycles. The predicted molar refractivity (Wildman–Crippen MR) is 116 cm³/mol. The quantitative estimate of drug-likeness (QED) is 0.378. The molecular formula is C22H26N4O6. The van der Waals surface area contributed by atoms with Gasteiger partial charge in [-0.1, -0.05) is 62.4 Å². The van der Waals surface area contributed by atoms with Gasteiger partial charge in [-0.3, -0.25) is 19.7 Å². The van der Waals surface area contributed by atoms with Crippen LogP contribution in [0.25, 0.3) is 0 Å². The van der Waals surface area contributed by atoms with Crippen LogP contribution >= 0.6 is 0 Å². The number of benzene rings is 2. The number of hydrogen-bond acceptors (Lipinski definition) is 6. The molecule has 4 N–H and O–H groups in total. The Hall–Kier alpha value is -3.95. The van der Waals surface area contributed by atoms with Crippen LogP contribution in [-0.4, -0.2) is 34.9 Å². The standard InChI is InChI=1S/C22H26N4O6/c1-14(2)19(25-22(29)32-13-15-8-4-3-5-9-15)21(28)24-17(20(23)27)12-16-10-6-7-11-18(16)26(30)31/h3-11,14,17,19H,12-13H2,1-2H3,(H2,23,27)(H,24,28)(H,25,29)/t17-,19-/m0/s1. The van der Waals surface area contributed by atoms with Crippen molar-refractivity contribution in [2.75, 3.05) is 0 Å². The molecule has 0 aliphatic heterocycles. The number of carbonyl (C=O) groups excluding carboxylic acids is 3. The second-order valence-electron chi connectivity index (χ2n) is 7.48. The van der Waals surface area contributed by atoms with Gasteiger partial charge in [0.1, 0.15) is 18.7 Å². The van der Waals surface area contributed by atoms with E-state index in [2.05, 4.69) is 10.6 Å². The van der Waals surface area contributed by atoms with Crippen LogP contribution < -0.4 is 16.4 Å². The molecule has 0 aliphatic carbocycles. The minimum absolute atomic E-state index is 0.0285. The van der Waals surface area contributed by atoms with Gasteiger partial charge in [-0.15, -0.1) is 0 Å². The van der Waals surface area contributed by atoms with Gasteiger partial charge >= 0.3 is 6.09 Å². The minimum atomic E-state index is -1.20. The molecule has 2 atom stereocenters. The number of nitrogens with two attached hydrogens (primary N) is 1. The topological polar surface area (TPSA) is 154 Å². The number of rotatable bonds is 10. The summed E-state index contributed by atoms with van der Waals surface area (Å²) >= 11 is 0. The third-order valence-corrected chi connectivity index (χ3v) is 4.71. The highest BCUT2D eigenvalue weighted by atomic mass is 16.6. The summed E-state index contributed by atoms with van der Waals surface area (Å²) in [6.07, 6.45) is -0.960. The molecule has 2 rings (SSSR count). The molecule has 32 heavy (non-hydrogen) atoms. The fourth-order valence-electron chi connectivity index (χ4n) is 2.99. The third kappa shape index (κ3) is 7.08. The first-order chi connectivity index (χ1) is 15.2. The maximum atomic E-state index is 12.8. The van der Waals surface area contributed by atoms with Gasteiger partial charge in [0.05, 0.1) is 4.92 Å². The highest BCUT2D eigenvalue weighted by molar-refractivity contribution is 5.91. The Morgan fingerprint density at radius 2 is 1.66 bits per heavy atom. The van der Waals surface area contributed by atoms with Crippen molar-refractivity contribution < 1.29 is 24.0 Å². The number of hydrogen-bond donors (Lipinski definition) is 3. The smallest absolute Gasteiger partial charge is 0.408 e. The number of carbonyl (C=O) groups is 3. The number of nitrogens with one attached hydrogen (secondary N) is 2. The van der Waals surface area contributed by atoms with E-state index in [0.717, 1.165) is 5.56 Å². The van der Waals surface area contributed by atoms with E-state index in [4.69, 9.17) is 10.5 Å². The number of para-hydroxylation sites is 1. The number of nitro benzene ring substituents is 1. The van der Waals surface area contributed by atoms with Crippen molar-refractivity contribution in [1.82, 2.24) is 10.6 Å². The van der Waals surface area contributed by atoms with Crippen molar-refractivity contribution >= 4 is 23.6 Å². The van der Waals surface area contributed by atoms with E-state index in [1.165, 1.54) is 18.2 Å². The first kappa shape index (κ1) is 24.3. The number of primary amides is 1. The molecule has 2 aromatic rings. The number of amides is 3. The normalized spacial score (nSPS) is 12.5. The van der Waals surface area contributed by atoms with Crippen molar-refractivity contribution in [3.63, 3.8) is 0 Å². The summed E-state index contributed by atoms with van der Waals surface area (Å²) in [4.78, 5) is 47.5. The molecule has 0 spiro atoms. The molecule has 2 aromatic carbocycles. The maximum absolute atomic E-state index is 12.8. The van der Waals surface area contributed by atoms with Crippen LogP contribution in [0.1, 0.15) is 25.0 Å². The van der Waals surface area contributed by atoms with Crippen molar-refractivity contribution in [2.24, 2.45) is 11.7 Å². The lowest BCUT2D eigenvalue weighted by molar-refractivity contribution is -0.385. The first-order valence-electron chi connectivity index (χ1n) is 9.98. The van der Waals surface area contributed by atoms with Gasteiger partial charge in [0.2, 0.25) is 11.8 Å². The van der Waals surface area contributed by atoms with E-state index in [9.17, 15) is 24.5 Å². The van der Waals surface area contributed by atoms with E-state index in [1.807, 2.05) is 18.2 Å². The molecule has 0 fully saturated rings. The largest absolute Gasteiger partial charge is 0.445 e. The monoisotopic (exact) mass is 442 g/mol. The molecule has 0 saturated carbocycles. The average Bonchev–Trinajstić information content (AvgIpc) is 2.76. The van der Waals surface area contributed by atoms with Gasteiger partial charge in [0.15, 0.2) is 0 Å². The molecule has 0 saturated heterocycles. The van der Waals surface area contributed by atoms with Crippen LogP contribution in [0.2, 0.25) is 0 Å². The number of ether oxygens (including phenoxy) is 1. The summed E-state index contributed by atoms with van der Waals surface area (Å²) in [5, 5.41) is 16.2. The Morgan fingerprint density at radius 3 is 2.25 bits per heavy atom. The molecule has 0 unspecified atom stereocenters. The fourth-order valence-corrected chi connectivity index (χ4v) is 2.99. The summed E-state index contributed by atoms with van der Waals surface area (Å²) in [5.41, 5.74) is 6.26. The highest BCUT2D eigenvalue weighted by Crippen LogP contribution is 2.19. The lowest BCUT2D eigenvalue weighted by Crippen LogP contribution is -2.55. The summed E-state index contributed by atoms with van der Waals surface area (Å²) in [5.74, 6) is -1.84. The molecule has 0 aliphatic rings. The zero-order valence-corrected chi connectivity index (χ0v) is 17.8. The van der Waals surface area contributed by atoms with Crippen LogP contribution in [0.15, 0.2) is 54.6 Å². The fraction of sp³-hybridized carbons (Fsp3) is 0.318. The average molecular weight is 442 g/mol. The van der Waals surface area contributed by atoms with Crippen LogP contribution in [0.3, 0.4) is 0 Å². The van der Waals surface area contributed by atoms with Crippen molar-refractivity contribution in [1.29, 1.82) is 0 Å².